The summed E-state index contributed by atoms with van der Waals surface area (Å²) in [6.07, 6.45) is 1.73. The Balaban J connectivity index is 1.44. The minimum atomic E-state index is -0.0866. The predicted molar refractivity (Wildman–Crippen MR) is 114 cm³/mol. The van der Waals surface area contributed by atoms with E-state index in [1.807, 2.05) is 62.4 Å². The Labute approximate surface area is 172 Å². The van der Waals surface area contributed by atoms with Gasteiger partial charge in [0.1, 0.15) is 0 Å². The molecule has 1 heterocycles. The van der Waals surface area contributed by atoms with E-state index in [4.69, 9.17) is 0 Å². The van der Waals surface area contributed by atoms with Crippen LogP contribution in [0.25, 0.3) is 0 Å². The van der Waals surface area contributed by atoms with E-state index in [1.165, 1.54) is 0 Å². The lowest BCUT2D eigenvalue weighted by Gasteiger charge is -2.31. The Hall–Kier alpha value is -2.95. The number of carbonyl (C=O) groups excluding carboxylic acids is 3. The van der Waals surface area contributed by atoms with Gasteiger partial charge in [0, 0.05) is 43.1 Å². The largest absolute Gasteiger partial charge is 0.343 e. The van der Waals surface area contributed by atoms with Crippen molar-refractivity contribution in [2.75, 3.05) is 18.4 Å². The molecule has 1 saturated heterocycles. The standard InChI is InChI=1S/C24H28N2O3/c1-17-8-9-20(16-18(17)2)22(27)10-11-23(28)26-14-12-19(13-15-26)24(29)25-21-6-4-3-5-7-21/h3-9,16,19H,10-15H2,1-2H3,(H,25,29). The summed E-state index contributed by atoms with van der Waals surface area (Å²) in [7, 11) is 0. The van der Waals surface area contributed by atoms with Crippen molar-refractivity contribution in [2.45, 2.75) is 39.5 Å². The molecule has 2 aromatic rings. The molecule has 0 radical (unpaired) electrons. The van der Waals surface area contributed by atoms with Gasteiger partial charge in [0.15, 0.2) is 5.78 Å². The molecule has 0 atom stereocenters. The number of aryl methyl sites for hydroxylation is 2. The first-order valence-corrected chi connectivity index (χ1v) is 10.2. The molecular formula is C24H28N2O3. The van der Waals surface area contributed by atoms with Crippen LogP contribution in [0.4, 0.5) is 5.69 Å². The number of rotatable bonds is 6. The maximum absolute atomic E-state index is 12.5. The highest BCUT2D eigenvalue weighted by Gasteiger charge is 2.27. The average molecular weight is 392 g/mol. The summed E-state index contributed by atoms with van der Waals surface area (Å²) in [6, 6.07) is 15.1. The molecule has 2 amide bonds. The van der Waals surface area contributed by atoms with Crippen LogP contribution in [-0.4, -0.2) is 35.6 Å². The average Bonchev–Trinajstić information content (AvgIpc) is 2.74. The van der Waals surface area contributed by atoms with Crippen LogP contribution in [0.3, 0.4) is 0 Å². The number of Topliss-reactive ketones (excluding diaryl/α,β-unsaturated/α-hetero) is 1. The third-order valence-corrected chi connectivity index (χ3v) is 5.65. The van der Waals surface area contributed by atoms with Crippen molar-refractivity contribution in [3.63, 3.8) is 0 Å². The summed E-state index contributed by atoms with van der Waals surface area (Å²) in [4.78, 5) is 39.1. The third kappa shape index (κ3) is 5.53. The van der Waals surface area contributed by atoms with Gasteiger partial charge < -0.3 is 10.2 Å². The van der Waals surface area contributed by atoms with Crippen LogP contribution >= 0.6 is 0 Å². The molecule has 1 aliphatic heterocycles. The van der Waals surface area contributed by atoms with E-state index in [1.54, 1.807) is 4.90 Å². The van der Waals surface area contributed by atoms with Crippen LogP contribution in [0.1, 0.15) is 47.2 Å². The van der Waals surface area contributed by atoms with Crippen LogP contribution in [0.2, 0.25) is 0 Å². The summed E-state index contributed by atoms with van der Waals surface area (Å²) in [6.45, 7) is 5.11. The van der Waals surface area contributed by atoms with Crippen molar-refractivity contribution in [3.05, 3.63) is 65.2 Å². The lowest BCUT2D eigenvalue weighted by molar-refractivity contribution is -0.134. The van der Waals surface area contributed by atoms with E-state index in [0.717, 1.165) is 16.8 Å². The number of amides is 2. The Morgan fingerprint density at radius 3 is 2.28 bits per heavy atom. The van der Waals surface area contributed by atoms with E-state index < -0.39 is 0 Å². The number of anilines is 1. The molecule has 3 rings (SSSR count). The first-order valence-electron chi connectivity index (χ1n) is 10.2. The van der Waals surface area contributed by atoms with Gasteiger partial charge >= 0.3 is 0 Å². The summed E-state index contributed by atoms with van der Waals surface area (Å²) in [5, 5.41) is 2.94. The van der Waals surface area contributed by atoms with Gasteiger partial charge in [0.05, 0.1) is 0 Å². The van der Waals surface area contributed by atoms with Crippen molar-refractivity contribution < 1.29 is 14.4 Å². The highest BCUT2D eigenvalue weighted by atomic mass is 16.2. The van der Waals surface area contributed by atoms with Crippen LogP contribution < -0.4 is 5.32 Å². The third-order valence-electron chi connectivity index (χ3n) is 5.65. The zero-order valence-electron chi connectivity index (χ0n) is 17.1. The first kappa shape index (κ1) is 20.8. The van der Waals surface area contributed by atoms with Crippen molar-refractivity contribution in [1.82, 2.24) is 4.90 Å². The quantitative estimate of drug-likeness (QED) is 0.751. The van der Waals surface area contributed by atoms with Gasteiger partial charge in [-0.3, -0.25) is 14.4 Å². The minimum Gasteiger partial charge on any atom is -0.343 e. The van der Waals surface area contributed by atoms with Gasteiger partial charge in [-0.1, -0.05) is 30.3 Å². The number of ketones is 1. The van der Waals surface area contributed by atoms with Gasteiger partial charge in [-0.25, -0.2) is 0 Å². The molecule has 0 aliphatic carbocycles. The van der Waals surface area contributed by atoms with Gasteiger partial charge in [0.25, 0.3) is 0 Å². The summed E-state index contributed by atoms with van der Waals surface area (Å²) < 4.78 is 0. The number of likely N-dealkylation sites (tertiary alicyclic amines) is 1. The monoisotopic (exact) mass is 392 g/mol. The number of para-hydroxylation sites is 1. The second-order valence-corrected chi connectivity index (χ2v) is 7.73. The SMILES string of the molecule is Cc1ccc(C(=O)CCC(=O)N2CCC(C(=O)Nc3ccccc3)CC2)cc1C. The van der Waals surface area contributed by atoms with Crippen molar-refractivity contribution in [1.29, 1.82) is 0 Å². The molecule has 152 valence electrons. The number of nitrogens with one attached hydrogen (secondary N) is 1. The topological polar surface area (TPSA) is 66.5 Å². The first-order chi connectivity index (χ1) is 13.9. The maximum Gasteiger partial charge on any atom is 0.227 e. The second-order valence-electron chi connectivity index (χ2n) is 7.73. The van der Waals surface area contributed by atoms with E-state index in [9.17, 15) is 14.4 Å². The Morgan fingerprint density at radius 2 is 1.62 bits per heavy atom. The Kier molecular flexibility index (Phi) is 6.81. The van der Waals surface area contributed by atoms with E-state index in [0.29, 0.717) is 31.5 Å². The molecule has 5 nitrogen and oxygen atoms in total. The molecule has 1 fully saturated rings. The molecule has 0 saturated carbocycles. The van der Waals surface area contributed by atoms with Crippen LogP contribution in [0.5, 0.6) is 0 Å². The number of benzene rings is 2. The molecule has 29 heavy (non-hydrogen) atoms. The van der Waals surface area contributed by atoms with Crippen LogP contribution in [0.15, 0.2) is 48.5 Å². The fraction of sp³-hybridized carbons (Fsp3) is 0.375. The number of nitrogens with zero attached hydrogens (tertiary/aromatic N) is 1. The summed E-state index contributed by atoms with van der Waals surface area (Å²) in [5.41, 5.74) is 3.69. The lowest BCUT2D eigenvalue weighted by atomic mass is 9.95. The number of hydrogen-bond donors (Lipinski definition) is 1. The molecular weight excluding hydrogens is 364 g/mol. The highest BCUT2D eigenvalue weighted by Crippen LogP contribution is 2.21. The van der Waals surface area contributed by atoms with E-state index in [2.05, 4.69) is 5.32 Å². The molecule has 0 bridgehead atoms. The zero-order chi connectivity index (χ0) is 20.8. The van der Waals surface area contributed by atoms with Gasteiger partial charge in [-0.05, 0) is 56.0 Å². The number of carbonyl (C=O) groups is 3. The van der Waals surface area contributed by atoms with Gasteiger partial charge in [-0.2, -0.15) is 0 Å². The molecule has 1 aliphatic rings. The molecule has 0 spiro atoms. The van der Waals surface area contributed by atoms with Gasteiger partial charge in [0.2, 0.25) is 11.8 Å². The van der Waals surface area contributed by atoms with Gasteiger partial charge in [-0.15, -0.1) is 0 Å². The highest BCUT2D eigenvalue weighted by molar-refractivity contribution is 5.98. The fourth-order valence-electron chi connectivity index (χ4n) is 3.59. The molecule has 1 N–H and O–H groups in total. The van der Waals surface area contributed by atoms with E-state index in [-0.39, 0.29) is 36.4 Å². The smallest absolute Gasteiger partial charge is 0.227 e. The Bertz CT molecular complexity index is 884. The number of hydrogen-bond acceptors (Lipinski definition) is 3. The predicted octanol–water partition coefficient (Wildman–Crippen LogP) is 4.14. The summed E-state index contributed by atoms with van der Waals surface area (Å²) >= 11 is 0. The second kappa shape index (κ2) is 9.50. The Morgan fingerprint density at radius 1 is 0.931 bits per heavy atom. The maximum atomic E-state index is 12.5. The van der Waals surface area contributed by atoms with Crippen molar-refractivity contribution in [3.8, 4) is 0 Å². The molecule has 0 unspecified atom stereocenters. The summed E-state index contributed by atoms with van der Waals surface area (Å²) in [5.74, 6) is -0.0904. The molecule has 2 aromatic carbocycles. The zero-order valence-corrected chi connectivity index (χ0v) is 17.1. The van der Waals surface area contributed by atoms with Crippen LogP contribution in [0, 0.1) is 19.8 Å². The van der Waals surface area contributed by atoms with E-state index >= 15 is 0 Å². The van der Waals surface area contributed by atoms with Crippen LogP contribution in [-0.2, 0) is 9.59 Å². The van der Waals surface area contributed by atoms with Crippen molar-refractivity contribution in [2.24, 2.45) is 5.92 Å². The minimum absolute atomic E-state index is 0.00132. The fourth-order valence-corrected chi connectivity index (χ4v) is 3.59. The van der Waals surface area contributed by atoms with Crippen molar-refractivity contribution >= 4 is 23.3 Å². The molecule has 0 aromatic heterocycles. The number of piperidine rings is 1. The lowest BCUT2D eigenvalue weighted by Crippen LogP contribution is -2.41. The normalized spacial score (nSPS) is 14.5. The molecule has 5 heteroatoms.